The van der Waals surface area contributed by atoms with Crippen LogP contribution in [0.1, 0.15) is 37.7 Å². The summed E-state index contributed by atoms with van der Waals surface area (Å²) < 4.78 is 54.4. The van der Waals surface area contributed by atoms with Crippen LogP contribution in [0.15, 0.2) is 30.9 Å². The zero-order valence-corrected chi connectivity index (χ0v) is 29.5. The number of nitrogens with two attached hydrogens (primary N) is 1. The Hall–Kier alpha value is -4.72. The number of benzene rings is 2. The maximum Gasteiger partial charge on any atom is 0.346 e. The summed E-state index contributed by atoms with van der Waals surface area (Å²) in [6.45, 7) is 2.14. The number of ether oxygens (including phenoxy) is 1. The number of hydrogen-bond donors (Lipinski definition) is 1. The first kappa shape index (κ1) is 33.1. The molecule has 0 bridgehead atoms. The average molecular weight is 749 g/mol. The van der Waals surface area contributed by atoms with Crippen LogP contribution in [0.5, 0.6) is 6.01 Å². The zero-order chi connectivity index (χ0) is 36.1. The molecular weight excluding hydrogens is 717 g/mol. The van der Waals surface area contributed by atoms with Gasteiger partial charge in [-0.25, -0.2) is 22.9 Å². The van der Waals surface area contributed by atoms with E-state index in [4.69, 9.17) is 27.1 Å². The SMILES string of the molecule is CN(C(=O)n1cncn1)C1CN(c2nc(OC[C@@]34CCCN3C[C@H](F)C4)nc3c(F)c(-c4ccc(F)c5sc(N)c(C#N)c45)c(Cl)cc23)CC12CC2. The Bertz CT molecular complexity index is 2330. The molecule has 3 atom stereocenters. The van der Waals surface area contributed by atoms with Crippen LogP contribution in [0, 0.1) is 28.4 Å². The van der Waals surface area contributed by atoms with E-state index in [1.54, 1.807) is 18.0 Å². The van der Waals surface area contributed by atoms with Crippen molar-refractivity contribution in [2.45, 2.75) is 49.9 Å². The van der Waals surface area contributed by atoms with Gasteiger partial charge in [0.2, 0.25) is 0 Å². The molecule has 52 heavy (non-hydrogen) atoms. The number of alkyl halides is 1. The van der Waals surface area contributed by atoms with E-state index in [0.29, 0.717) is 37.3 Å². The van der Waals surface area contributed by atoms with Crippen molar-refractivity contribution in [2.75, 3.05) is 50.5 Å². The summed E-state index contributed by atoms with van der Waals surface area (Å²) in [5.74, 6) is -1.03. The summed E-state index contributed by atoms with van der Waals surface area (Å²) >= 11 is 7.82. The van der Waals surface area contributed by atoms with Crippen LogP contribution in [0.4, 0.5) is 28.8 Å². The van der Waals surface area contributed by atoms with Gasteiger partial charge in [0.1, 0.15) is 53.7 Å². The number of carbonyl (C=O) groups is 1. The highest BCUT2D eigenvalue weighted by Crippen LogP contribution is 2.56. The minimum absolute atomic E-state index is 0.000812. The second-order valence-corrected chi connectivity index (χ2v) is 15.8. The first-order valence-electron chi connectivity index (χ1n) is 17.0. The van der Waals surface area contributed by atoms with Gasteiger partial charge in [-0.1, -0.05) is 17.7 Å². The molecule has 4 fully saturated rings. The molecule has 3 aromatic heterocycles. The van der Waals surface area contributed by atoms with Gasteiger partial charge in [-0.05, 0) is 49.9 Å². The molecule has 17 heteroatoms. The lowest BCUT2D eigenvalue weighted by Crippen LogP contribution is -2.45. The predicted octanol–water partition coefficient (Wildman–Crippen LogP) is 6.01. The molecule has 1 unspecified atom stereocenters. The van der Waals surface area contributed by atoms with Gasteiger partial charge in [0, 0.05) is 54.9 Å². The third-order valence-electron chi connectivity index (χ3n) is 11.5. The summed E-state index contributed by atoms with van der Waals surface area (Å²) in [7, 11) is 1.73. The number of carbonyl (C=O) groups excluding carboxylic acids is 1. The van der Waals surface area contributed by atoms with Gasteiger partial charge in [0.15, 0.2) is 5.82 Å². The van der Waals surface area contributed by atoms with E-state index in [9.17, 15) is 18.8 Å². The molecule has 1 spiro atoms. The largest absolute Gasteiger partial charge is 0.461 e. The average Bonchev–Trinajstić information content (AvgIpc) is 3.61. The summed E-state index contributed by atoms with van der Waals surface area (Å²) in [6, 6.07) is 5.55. The highest BCUT2D eigenvalue weighted by molar-refractivity contribution is 7.23. The van der Waals surface area contributed by atoms with Gasteiger partial charge in [-0.3, -0.25) is 4.90 Å². The molecule has 4 aliphatic rings. The molecule has 6 heterocycles. The summed E-state index contributed by atoms with van der Waals surface area (Å²) in [5, 5.41) is 14.5. The van der Waals surface area contributed by atoms with Gasteiger partial charge in [0.05, 0.1) is 26.9 Å². The molecule has 268 valence electrons. The van der Waals surface area contributed by atoms with Crippen molar-refractivity contribution in [2.24, 2.45) is 5.41 Å². The molecule has 0 radical (unpaired) electrons. The first-order valence-corrected chi connectivity index (χ1v) is 18.2. The quantitative estimate of drug-likeness (QED) is 0.219. The van der Waals surface area contributed by atoms with Crippen molar-refractivity contribution in [3.63, 3.8) is 0 Å². The fraction of sp³-hybridized carbons (Fsp3) is 0.429. The lowest BCUT2D eigenvalue weighted by atomic mass is 9.95. The van der Waals surface area contributed by atoms with Gasteiger partial charge >= 0.3 is 12.0 Å². The molecule has 9 rings (SSSR count). The Morgan fingerprint density at radius 3 is 2.83 bits per heavy atom. The molecule has 3 saturated heterocycles. The second-order valence-electron chi connectivity index (χ2n) is 14.4. The van der Waals surface area contributed by atoms with Crippen LogP contribution >= 0.6 is 22.9 Å². The molecule has 1 amide bonds. The number of nitrogen functional groups attached to an aromatic ring is 1. The van der Waals surface area contributed by atoms with E-state index in [1.807, 2.05) is 11.0 Å². The van der Waals surface area contributed by atoms with Crippen molar-refractivity contribution < 1.29 is 22.7 Å². The number of halogens is 4. The van der Waals surface area contributed by atoms with Crippen LogP contribution in [-0.4, -0.2) is 98.1 Å². The standard InChI is InChI=1S/C35H32ClF3N10O2S/c1-46(33(50)49-17-42-16-43-49)24-13-47(14-34(24)6-7-34)31-20-9-22(36)26(19-3-4-23(38)29-25(19)21(11-40)30(41)52-29)27(39)28(20)44-32(45-31)51-15-35-5-2-8-48(35)12-18(37)10-35/h3-4,9,16-18,24H,2,5-8,10,12-15,41H2,1H3/t18-,24?,35+/m1/s1. The Morgan fingerprint density at radius 1 is 1.25 bits per heavy atom. The molecule has 3 aliphatic heterocycles. The van der Waals surface area contributed by atoms with E-state index in [0.717, 1.165) is 43.6 Å². The highest BCUT2D eigenvalue weighted by Gasteiger charge is 2.58. The summed E-state index contributed by atoms with van der Waals surface area (Å²) in [4.78, 5) is 32.5. The number of fused-ring (bicyclic) bond motifs is 3. The van der Waals surface area contributed by atoms with E-state index >= 15 is 4.39 Å². The maximum atomic E-state index is 17.2. The smallest absolute Gasteiger partial charge is 0.346 e. The van der Waals surface area contributed by atoms with Crippen molar-refractivity contribution >= 4 is 60.8 Å². The lowest BCUT2D eigenvalue weighted by Gasteiger charge is -2.31. The summed E-state index contributed by atoms with van der Waals surface area (Å²) in [6.07, 6.45) is 5.45. The van der Waals surface area contributed by atoms with E-state index < -0.39 is 23.3 Å². The maximum absolute atomic E-state index is 17.2. The Morgan fingerprint density at radius 2 is 2.08 bits per heavy atom. The topological polar surface area (TPSA) is 142 Å². The van der Waals surface area contributed by atoms with Gasteiger partial charge in [-0.2, -0.15) is 25.0 Å². The number of hydrogen-bond acceptors (Lipinski definition) is 11. The molecule has 1 aliphatic carbocycles. The van der Waals surface area contributed by atoms with Crippen molar-refractivity contribution in [3.8, 4) is 23.2 Å². The number of nitriles is 1. The highest BCUT2D eigenvalue weighted by atomic mass is 35.5. The van der Waals surface area contributed by atoms with Crippen molar-refractivity contribution in [3.05, 3.63) is 53.1 Å². The van der Waals surface area contributed by atoms with E-state index in [1.165, 1.54) is 29.5 Å². The Labute approximate surface area is 304 Å². The lowest BCUT2D eigenvalue weighted by molar-refractivity contribution is 0.107. The number of rotatable bonds is 6. The zero-order valence-electron chi connectivity index (χ0n) is 28.0. The van der Waals surface area contributed by atoms with Gasteiger partial charge in [-0.15, -0.1) is 11.3 Å². The molecule has 2 N–H and O–H groups in total. The van der Waals surface area contributed by atoms with Crippen LogP contribution in [0.2, 0.25) is 5.02 Å². The van der Waals surface area contributed by atoms with Crippen LogP contribution < -0.4 is 15.4 Å². The fourth-order valence-electron chi connectivity index (χ4n) is 8.77. The summed E-state index contributed by atoms with van der Waals surface area (Å²) in [5.41, 5.74) is 5.43. The monoisotopic (exact) mass is 748 g/mol. The van der Waals surface area contributed by atoms with Crippen molar-refractivity contribution in [1.82, 2.24) is 34.5 Å². The normalized spacial score (nSPS) is 23.5. The van der Waals surface area contributed by atoms with Crippen molar-refractivity contribution in [1.29, 1.82) is 5.26 Å². The molecule has 5 aromatic rings. The third kappa shape index (κ3) is 5.00. The first-order chi connectivity index (χ1) is 25.0. The molecule has 1 saturated carbocycles. The Kier molecular flexibility index (Phi) is 7.59. The van der Waals surface area contributed by atoms with E-state index in [-0.39, 0.29) is 72.4 Å². The van der Waals surface area contributed by atoms with Gasteiger partial charge in [0.25, 0.3) is 0 Å². The number of nitrogens with zero attached hydrogens (tertiary/aromatic N) is 9. The van der Waals surface area contributed by atoms with E-state index in [2.05, 4.69) is 20.0 Å². The number of anilines is 2. The van der Waals surface area contributed by atoms with Crippen LogP contribution in [0.25, 0.3) is 32.1 Å². The number of amides is 1. The molecule has 12 nitrogen and oxygen atoms in total. The number of thiophene rings is 1. The minimum atomic E-state index is -0.968. The minimum Gasteiger partial charge on any atom is -0.461 e. The Balaban J connectivity index is 1.17. The second kappa shape index (κ2) is 11.9. The van der Waals surface area contributed by atoms with Crippen LogP contribution in [-0.2, 0) is 0 Å². The molecule has 2 aromatic carbocycles. The number of aromatic nitrogens is 5. The number of likely N-dealkylation sites (N-methyl/N-ethyl adjacent to an activating group) is 1. The van der Waals surface area contributed by atoms with Crippen LogP contribution in [0.3, 0.4) is 0 Å². The molecular formula is C35H32ClF3N10O2S. The fourth-order valence-corrected chi connectivity index (χ4v) is 10.0. The third-order valence-corrected chi connectivity index (χ3v) is 12.8. The predicted molar refractivity (Wildman–Crippen MR) is 189 cm³/mol. The van der Waals surface area contributed by atoms with Gasteiger partial charge < -0.3 is 20.3 Å².